The Morgan fingerprint density at radius 3 is 2.00 bits per heavy atom. The summed E-state index contributed by atoms with van der Waals surface area (Å²) in [4.78, 5) is 12.9. The van der Waals surface area contributed by atoms with Gasteiger partial charge in [0.25, 0.3) is 0 Å². The number of carbonyl (C=O) groups excluding carboxylic acids is 1. The maximum atomic E-state index is 13.2. The molecule has 2 atom stereocenters. The summed E-state index contributed by atoms with van der Waals surface area (Å²) < 4.78 is 88.2. The van der Waals surface area contributed by atoms with Crippen LogP contribution in [-0.4, -0.2) is 41.3 Å². The highest BCUT2D eigenvalue weighted by Crippen LogP contribution is 2.37. The molecule has 0 aliphatic rings. The van der Waals surface area contributed by atoms with Crippen LogP contribution >= 0.6 is 11.6 Å². The summed E-state index contributed by atoms with van der Waals surface area (Å²) in [6.45, 7) is 2.83. The number of nitrogens with zero attached hydrogens (tertiary/aromatic N) is 1. The summed E-state index contributed by atoms with van der Waals surface area (Å²) in [5.41, 5.74) is -1.07. The van der Waals surface area contributed by atoms with Gasteiger partial charge in [-0.05, 0) is 49.7 Å². The van der Waals surface area contributed by atoms with Crippen LogP contribution in [-0.2, 0) is 30.8 Å². The molecule has 1 amide bonds. The van der Waals surface area contributed by atoms with E-state index in [1.165, 1.54) is 31.2 Å². The normalized spacial score (nSPS) is 14.4. The number of hydrogen-bond acceptors (Lipinski definition) is 5. The summed E-state index contributed by atoms with van der Waals surface area (Å²) >= 11 is 5.61. The Morgan fingerprint density at radius 1 is 1.00 bits per heavy atom. The molecule has 2 aromatic rings. The van der Waals surface area contributed by atoms with Crippen molar-refractivity contribution < 1.29 is 34.8 Å². The number of sulfonamides is 1. The smallest absolute Gasteiger partial charge is 0.348 e. The lowest BCUT2D eigenvalue weighted by Gasteiger charge is -2.30. The van der Waals surface area contributed by atoms with E-state index in [2.05, 4.69) is 5.32 Å². The van der Waals surface area contributed by atoms with Crippen LogP contribution in [0.1, 0.15) is 31.0 Å². The van der Waals surface area contributed by atoms with Crippen molar-refractivity contribution in [3.05, 3.63) is 58.6 Å². The Balaban J connectivity index is 2.33. The van der Waals surface area contributed by atoms with Gasteiger partial charge in [0.1, 0.15) is 6.04 Å². The third-order valence-electron chi connectivity index (χ3n) is 4.77. The monoisotopic (exact) mass is 526 g/mol. The van der Waals surface area contributed by atoms with E-state index in [1.54, 1.807) is 6.92 Å². The van der Waals surface area contributed by atoms with Gasteiger partial charge in [-0.1, -0.05) is 23.7 Å². The minimum absolute atomic E-state index is 0.0876. The van der Waals surface area contributed by atoms with Crippen LogP contribution in [0.4, 0.5) is 18.9 Å². The minimum atomic E-state index is -4.82. The van der Waals surface area contributed by atoms with Gasteiger partial charge in [-0.3, -0.25) is 9.10 Å². The minimum Gasteiger partial charge on any atom is -0.348 e. The second-order valence-electron chi connectivity index (χ2n) is 7.47. The standard InChI is InChI=1S/C20H22ClF3N2O5S2/c1-12(14-5-8-16(9-6-14)32(3,28)29)25-19(27)13(2)26(33(4,30)31)15-7-10-18(21)17(11-15)20(22,23)24/h5-13H,1-4H3,(H,25,27)/t12-,13+/m0/s1. The molecular weight excluding hydrogens is 505 g/mol. The largest absolute Gasteiger partial charge is 0.417 e. The van der Waals surface area contributed by atoms with Gasteiger partial charge < -0.3 is 5.32 Å². The van der Waals surface area contributed by atoms with E-state index >= 15 is 0 Å². The highest BCUT2D eigenvalue weighted by atomic mass is 35.5. The molecule has 1 N–H and O–H groups in total. The molecule has 0 aliphatic carbocycles. The molecule has 0 radical (unpaired) electrons. The number of benzene rings is 2. The number of halogens is 4. The first-order valence-corrected chi connectivity index (χ1v) is 13.5. The average Bonchev–Trinajstić information content (AvgIpc) is 2.66. The summed E-state index contributed by atoms with van der Waals surface area (Å²) in [7, 11) is -7.57. The number of alkyl halides is 3. The van der Waals surface area contributed by atoms with Crippen LogP contribution in [0.2, 0.25) is 5.02 Å². The maximum Gasteiger partial charge on any atom is 0.417 e. The van der Waals surface area contributed by atoms with E-state index in [0.29, 0.717) is 15.9 Å². The van der Waals surface area contributed by atoms with Crippen LogP contribution in [0.15, 0.2) is 47.4 Å². The molecule has 182 valence electrons. The summed E-state index contributed by atoms with van der Waals surface area (Å²) in [6, 6.07) is 6.23. The van der Waals surface area contributed by atoms with Crippen molar-refractivity contribution in [2.24, 2.45) is 0 Å². The average molecular weight is 527 g/mol. The molecule has 7 nitrogen and oxygen atoms in total. The van der Waals surface area contributed by atoms with E-state index in [4.69, 9.17) is 11.6 Å². The predicted octanol–water partition coefficient (Wildman–Crippen LogP) is 3.79. The summed E-state index contributed by atoms with van der Waals surface area (Å²) in [5, 5.41) is 1.98. The van der Waals surface area contributed by atoms with Crippen LogP contribution in [0.5, 0.6) is 0 Å². The quantitative estimate of drug-likeness (QED) is 0.591. The molecule has 2 rings (SSSR count). The van der Waals surface area contributed by atoms with Crippen molar-refractivity contribution in [1.82, 2.24) is 5.32 Å². The Bertz CT molecular complexity index is 1250. The van der Waals surface area contributed by atoms with Crippen molar-refractivity contribution in [2.75, 3.05) is 16.8 Å². The molecule has 0 spiro atoms. The molecule has 33 heavy (non-hydrogen) atoms. The zero-order chi connectivity index (χ0) is 25.4. The van der Waals surface area contributed by atoms with E-state index in [0.717, 1.165) is 24.6 Å². The topological polar surface area (TPSA) is 101 Å². The predicted molar refractivity (Wildman–Crippen MR) is 119 cm³/mol. The first-order chi connectivity index (χ1) is 14.9. The molecular formula is C20H22ClF3N2O5S2. The Hall–Kier alpha value is -2.31. The molecule has 0 bridgehead atoms. The van der Waals surface area contributed by atoms with Crippen LogP contribution in [0.3, 0.4) is 0 Å². The van der Waals surface area contributed by atoms with Gasteiger partial charge >= 0.3 is 6.18 Å². The molecule has 0 saturated heterocycles. The van der Waals surface area contributed by atoms with Gasteiger partial charge in [-0.25, -0.2) is 16.8 Å². The first kappa shape index (κ1) is 26.9. The summed E-state index contributed by atoms with van der Waals surface area (Å²) in [5.74, 6) is -0.774. The Kier molecular flexibility index (Phi) is 7.76. The number of amides is 1. The molecule has 0 aromatic heterocycles. The van der Waals surface area contributed by atoms with Crippen LogP contribution in [0.25, 0.3) is 0 Å². The third-order valence-corrected chi connectivity index (χ3v) is 7.47. The van der Waals surface area contributed by atoms with Gasteiger partial charge in [-0.15, -0.1) is 0 Å². The number of hydrogen-bond donors (Lipinski definition) is 1. The molecule has 0 saturated carbocycles. The summed E-state index contributed by atoms with van der Waals surface area (Å²) in [6.07, 6.45) is -3.00. The molecule has 0 heterocycles. The van der Waals surface area contributed by atoms with E-state index < -0.39 is 54.6 Å². The number of anilines is 1. The van der Waals surface area contributed by atoms with E-state index in [9.17, 15) is 34.8 Å². The third kappa shape index (κ3) is 6.61. The van der Waals surface area contributed by atoms with Crippen molar-refractivity contribution in [3.8, 4) is 0 Å². The van der Waals surface area contributed by atoms with Crippen LogP contribution < -0.4 is 9.62 Å². The number of carbonyl (C=O) groups is 1. The highest BCUT2D eigenvalue weighted by Gasteiger charge is 2.36. The van der Waals surface area contributed by atoms with Gasteiger partial charge in [0.2, 0.25) is 15.9 Å². The van der Waals surface area contributed by atoms with E-state index in [1.807, 2.05) is 0 Å². The Labute approximate surface area is 195 Å². The second-order valence-corrected chi connectivity index (χ2v) is 11.8. The lowest BCUT2D eigenvalue weighted by atomic mass is 10.1. The lowest BCUT2D eigenvalue weighted by Crippen LogP contribution is -2.48. The fourth-order valence-electron chi connectivity index (χ4n) is 3.10. The zero-order valence-corrected chi connectivity index (χ0v) is 20.4. The molecule has 0 aliphatic heterocycles. The van der Waals surface area contributed by atoms with Gasteiger partial charge in [0.05, 0.1) is 33.5 Å². The molecule has 13 heteroatoms. The first-order valence-electron chi connectivity index (χ1n) is 9.39. The second kappa shape index (κ2) is 9.51. The Morgan fingerprint density at radius 2 is 1.55 bits per heavy atom. The fourth-order valence-corrected chi connectivity index (χ4v) is 5.12. The van der Waals surface area contributed by atoms with Gasteiger partial charge in [-0.2, -0.15) is 13.2 Å². The number of rotatable bonds is 7. The highest BCUT2D eigenvalue weighted by molar-refractivity contribution is 7.92. The fraction of sp³-hybridized carbons (Fsp3) is 0.350. The van der Waals surface area contributed by atoms with Crippen LogP contribution in [0, 0.1) is 0 Å². The van der Waals surface area contributed by atoms with Crippen molar-refractivity contribution in [3.63, 3.8) is 0 Å². The van der Waals surface area contributed by atoms with Gasteiger partial charge in [0, 0.05) is 6.26 Å². The van der Waals surface area contributed by atoms with Gasteiger partial charge in [0.15, 0.2) is 9.84 Å². The zero-order valence-electron chi connectivity index (χ0n) is 18.0. The number of sulfone groups is 1. The molecule has 0 unspecified atom stereocenters. The number of nitrogens with one attached hydrogen (secondary N) is 1. The maximum absolute atomic E-state index is 13.2. The molecule has 2 aromatic carbocycles. The van der Waals surface area contributed by atoms with Crippen molar-refractivity contribution in [2.45, 2.75) is 37.0 Å². The van der Waals surface area contributed by atoms with Crippen molar-refractivity contribution in [1.29, 1.82) is 0 Å². The van der Waals surface area contributed by atoms with Crippen molar-refractivity contribution >= 4 is 43.1 Å². The van der Waals surface area contributed by atoms with E-state index in [-0.39, 0.29) is 10.6 Å². The molecule has 0 fully saturated rings. The lowest BCUT2D eigenvalue weighted by molar-refractivity contribution is -0.137. The SMILES string of the molecule is C[C@H](NC(=O)[C@@H](C)N(c1ccc(Cl)c(C(F)(F)F)c1)S(C)(=O)=O)c1ccc(S(C)(=O)=O)cc1.